The van der Waals surface area contributed by atoms with Gasteiger partial charge >= 0.3 is 37.4 Å². The Bertz CT molecular complexity index is 103. The van der Waals surface area contributed by atoms with E-state index in [0.717, 1.165) is 5.59 Å². The van der Waals surface area contributed by atoms with Crippen LogP contribution in [0.3, 0.4) is 0 Å². The molecule has 0 amide bonds. The summed E-state index contributed by atoms with van der Waals surface area (Å²) >= 11 is 0. The van der Waals surface area contributed by atoms with Gasteiger partial charge in [0, 0.05) is 0 Å². The standard InChI is InChI=1S/C3H4B2N/c6-3-1-2-4-5-3/h1-2H,6H2. The first kappa shape index (κ1) is 3.72. The van der Waals surface area contributed by atoms with Crippen molar-refractivity contribution in [2.45, 2.75) is 0 Å². The van der Waals surface area contributed by atoms with Gasteiger partial charge in [-0.05, 0) is 0 Å². The van der Waals surface area contributed by atoms with Crippen molar-refractivity contribution in [3.05, 3.63) is 12.1 Å². The SMILES string of the molecule is NC1=B[B]C=C1. The predicted molar refractivity (Wildman–Crippen MR) is 29.8 cm³/mol. The van der Waals surface area contributed by atoms with Crippen molar-refractivity contribution < 1.29 is 0 Å². The predicted octanol–water partition coefficient (Wildman–Crippen LogP) is -1.07. The summed E-state index contributed by atoms with van der Waals surface area (Å²) in [4.78, 5) is 0. The first-order chi connectivity index (χ1) is 2.89. The van der Waals surface area contributed by atoms with Crippen LogP contribution >= 0.6 is 0 Å². The van der Waals surface area contributed by atoms with Gasteiger partial charge in [0.2, 0.25) is 0 Å². The molecule has 27 valence electrons. The molecule has 6 heavy (non-hydrogen) atoms. The Labute approximate surface area is 38.4 Å². The van der Waals surface area contributed by atoms with Gasteiger partial charge in [0.15, 0.2) is 0 Å². The summed E-state index contributed by atoms with van der Waals surface area (Å²) in [6.07, 6.45) is 1.86. The van der Waals surface area contributed by atoms with Crippen molar-refractivity contribution in [3.8, 4) is 0 Å². The summed E-state index contributed by atoms with van der Waals surface area (Å²) in [5.41, 5.74) is 6.12. The molecule has 1 nitrogen and oxygen atoms in total. The fourth-order valence-corrected chi connectivity index (χ4v) is 0.389. The van der Waals surface area contributed by atoms with Gasteiger partial charge < -0.3 is 0 Å². The molecule has 0 saturated heterocycles. The van der Waals surface area contributed by atoms with Crippen LogP contribution in [0.15, 0.2) is 12.1 Å². The van der Waals surface area contributed by atoms with Gasteiger partial charge in [0.05, 0.1) is 0 Å². The van der Waals surface area contributed by atoms with Crippen LogP contribution in [0.2, 0.25) is 0 Å². The molecule has 0 aromatic rings. The third-order valence-electron chi connectivity index (χ3n) is 0.688. The van der Waals surface area contributed by atoms with Crippen LogP contribution in [0.1, 0.15) is 0 Å². The Morgan fingerprint density at radius 3 is 2.67 bits per heavy atom. The van der Waals surface area contributed by atoms with Gasteiger partial charge in [-0.25, -0.2) is 0 Å². The molecule has 1 aliphatic heterocycles. The van der Waals surface area contributed by atoms with E-state index >= 15 is 0 Å². The first-order valence-electron chi connectivity index (χ1n) is 1.87. The van der Waals surface area contributed by atoms with Crippen molar-refractivity contribution in [2.75, 3.05) is 0 Å². The summed E-state index contributed by atoms with van der Waals surface area (Å²) in [7, 11) is 1.91. The zero-order chi connectivity index (χ0) is 4.41. The van der Waals surface area contributed by atoms with Gasteiger partial charge in [-0.1, -0.05) is 0 Å². The fourth-order valence-electron chi connectivity index (χ4n) is 0.389. The molecule has 0 fully saturated rings. The van der Waals surface area contributed by atoms with E-state index in [4.69, 9.17) is 5.73 Å². The van der Waals surface area contributed by atoms with Crippen molar-refractivity contribution in [1.29, 1.82) is 0 Å². The molecule has 0 aromatic heterocycles. The van der Waals surface area contributed by atoms with Crippen LogP contribution in [-0.4, -0.2) is 19.6 Å². The Balaban J connectivity index is 2.68. The second-order valence-corrected chi connectivity index (χ2v) is 1.22. The monoisotopic (exact) mass is 76.1 g/mol. The second kappa shape index (κ2) is 1.33. The molecule has 1 radical (unpaired) electrons. The van der Waals surface area contributed by atoms with Gasteiger partial charge in [-0.2, -0.15) is 0 Å². The maximum absolute atomic E-state index is 5.28. The van der Waals surface area contributed by atoms with Crippen LogP contribution < -0.4 is 5.73 Å². The van der Waals surface area contributed by atoms with Crippen LogP contribution in [0.5, 0.6) is 0 Å². The van der Waals surface area contributed by atoms with Crippen molar-refractivity contribution >= 4 is 19.6 Å². The number of hydrogen-bond acceptors (Lipinski definition) is 1. The van der Waals surface area contributed by atoms with E-state index in [1.807, 2.05) is 26.0 Å². The molecule has 3 heteroatoms. The third kappa shape index (κ3) is 0.534. The van der Waals surface area contributed by atoms with E-state index in [-0.39, 0.29) is 0 Å². The third-order valence-corrected chi connectivity index (χ3v) is 0.688. The molecule has 1 rings (SSSR count). The first-order valence-corrected chi connectivity index (χ1v) is 1.87. The minimum atomic E-state index is 0.843. The van der Waals surface area contributed by atoms with Crippen LogP contribution in [0.4, 0.5) is 0 Å². The Kier molecular flexibility index (Phi) is 0.825. The Morgan fingerprint density at radius 2 is 2.50 bits per heavy atom. The molecule has 0 aromatic carbocycles. The Morgan fingerprint density at radius 1 is 1.67 bits per heavy atom. The molecular weight excluding hydrogens is 71.7 g/mol. The molecule has 0 aliphatic carbocycles. The summed E-state index contributed by atoms with van der Waals surface area (Å²) < 4.78 is 0. The molecule has 0 bridgehead atoms. The van der Waals surface area contributed by atoms with Crippen LogP contribution in [0, 0.1) is 0 Å². The van der Waals surface area contributed by atoms with Crippen molar-refractivity contribution in [3.63, 3.8) is 0 Å². The molecule has 0 spiro atoms. The molecule has 0 unspecified atom stereocenters. The minimum absolute atomic E-state index is 0.843. The number of nitrogens with two attached hydrogens (primary N) is 1. The van der Waals surface area contributed by atoms with E-state index in [1.54, 1.807) is 0 Å². The maximum atomic E-state index is 5.28. The zero-order valence-electron chi connectivity index (χ0n) is 3.39. The van der Waals surface area contributed by atoms with Crippen LogP contribution in [0.25, 0.3) is 0 Å². The van der Waals surface area contributed by atoms with Gasteiger partial charge in [0.25, 0.3) is 0 Å². The Hall–Kier alpha value is -0.460. The van der Waals surface area contributed by atoms with Crippen LogP contribution in [-0.2, 0) is 0 Å². The fraction of sp³-hybridized carbons (Fsp3) is 0. The summed E-state index contributed by atoms with van der Waals surface area (Å²) in [5.74, 6) is 1.91. The van der Waals surface area contributed by atoms with E-state index < -0.39 is 0 Å². The molecular formula is C3H4B2N. The summed E-state index contributed by atoms with van der Waals surface area (Å²) in [6, 6.07) is 0. The zero-order valence-corrected chi connectivity index (χ0v) is 3.39. The second-order valence-electron chi connectivity index (χ2n) is 1.22. The summed E-state index contributed by atoms with van der Waals surface area (Å²) in [6.45, 7) is 1.86. The van der Waals surface area contributed by atoms with E-state index in [0.29, 0.717) is 0 Å². The van der Waals surface area contributed by atoms with E-state index in [9.17, 15) is 0 Å². The van der Waals surface area contributed by atoms with E-state index in [2.05, 4.69) is 0 Å². The average Bonchev–Trinajstić information content (AvgIpc) is 1.86. The summed E-state index contributed by atoms with van der Waals surface area (Å²) in [5, 5.41) is 0. The van der Waals surface area contributed by atoms with Crippen molar-refractivity contribution in [2.24, 2.45) is 5.73 Å². The topological polar surface area (TPSA) is 26.0 Å². The normalized spacial score (nSPS) is 15.7. The van der Waals surface area contributed by atoms with Crippen molar-refractivity contribution in [1.82, 2.24) is 0 Å². The van der Waals surface area contributed by atoms with Gasteiger partial charge in [-0.15, -0.1) is 0 Å². The van der Waals surface area contributed by atoms with Gasteiger partial charge in [0.1, 0.15) is 0 Å². The quantitative estimate of drug-likeness (QED) is 0.365. The molecule has 0 saturated carbocycles. The number of hydrogen-bond donors (Lipinski definition) is 1. The molecule has 0 atom stereocenters. The van der Waals surface area contributed by atoms with E-state index in [1.165, 1.54) is 0 Å². The molecule has 1 aliphatic rings. The average molecular weight is 75.7 g/mol. The number of rotatable bonds is 0. The molecule has 2 N–H and O–H groups in total. The molecule has 1 heterocycles. The van der Waals surface area contributed by atoms with Gasteiger partial charge in [-0.3, -0.25) is 0 Å².